The second kappa shape index (κ2) is 6.36. The van der Waals surface area contributed by atoms with E-state index in [1.807, 2.05) is 0 Å². The first kappa shape index (κ1) is 13.6. The monoisotopic (exact) mass is 272 g/mol. The van der Waals surface area contributed by atoms with E-state index in [-0.39, 0.29) is 5.02 Å². The summed E-state index contributed by atoms with van der Waals surface area (Å²) in [6.07, 6.45) is 0. The molecular weight excluding hydrogens is 255 g/mol. The van der Waals surface area contributed by atoms with Crippen molar-refractivity contribution in [3.8, 4) is 5.75 Å². The minimum Gasteiger partial charge on any atom is -0.491 e. The van der Waals surface area contributed by atoms with Gasteiger partial charge in [-0.2, -0.15) is 0 Å². The van der Waals surface area contributed by atoms with Crippen LogP contribution in [0.3, 0.4) is 0 Å². The number of likely N-dealkylation sites (N-methyl/N-ethyl adjacent to an activating group) is 1. The Labute approximate surface area is 112 Å². The van der Waals surface area contributed by atoms with E-state index in [9.17, 15) is 4.39 Å². The molecule has 100 valence electrons. The number of nitrogens with zero attached hydrogens (tertiary/aromatic N) is 2. The zero-order valence-corrected chi connectivity index (χ0v) is 11.3. The van der Waals surface area contributed by atoms with Gasteiger partial charge in [-0.1, -0.05) is 17.7 Å². The maximum Gasteiger partial charge on any atom is 0.145 e. The molecule has 0 saturated carbocycles. The minimum absolute atomic E-state index is 0.0656. The lowest BCUT2D eigenvalue weighted by Gasteiger charge is -2.32. The van der Waals surface area contributed by atoms with Crippen molar-refractivity contribution in [2.24, 2.45) is 0 Å². The van der Waals surface area contributed by atoms with Gasteiger partial charge in [-0.15, -0.1) is 0 Å². The summed E-state index contributed by atoms with van der Waals surface area (Å²) in [5.41, 5.74) is 0. The van der Waals surface area contributed by atoms with E-state index in [4.69, 9.17) is 16.3 Å². The Morgan fingerprint density at radius 3 is 2.72 bits per heavy atom. The van der Waals surface area contributed by atoms with Crippen molar-refractivity contribution in [1.82, 2.24) is 9.80 Å². The van der Waals surface area contributed by atoms with Crippen LogP contribution in [-0.4, -0.2) is 56.2 Å². The number of piperazine rings is 1. The topological polar surface area (TPSA) is 15.7 Å². The molecule has 1 aromatic rings. The standard InChI is InChI=1S/C13H18ClFN2O/c1-16-5-7-17(8-6-16)9-10-18-12-4-2-3-11(15)13(12)14/h2-4H,5-10H2,1H3. The molecule has 0 N–H and O–H groups in total. The lowest BCUT2D eigenvalue weighted by Crippen LogP contribution is -2.45. The van der Waals surface area contributed by atoms with Gasteiger partial charge in [0.05, 0.1) is 0 Å². The summed E-state index contributed by atoms with van der Waals surface area (Å²) in [5, 5.41) is 0.0656. The van der Waals surface area contributed by atoms with Crippen molar-refractivity contribution >= 4 is 11.6 Å². The van der Waals surface area contributed by atoms with Crippen LogP contribution >= 0.6 is 11.6 Å². The predicted molar refractivity (Wildman–Crippen MR) is 70.8 cm³/mol. The van der Waals surface area contributed by atoms with Gasteiger partial charge in [0.25, 0.3) is 0 Å². The Morgan fingerprint density at radius 1 is 1.28 bits per heavy atom. The number of benzene rings is 1. The van der Waals surface area contributed by atoms with Crippen molar-refractivity contribution in [2.75, 3.05) is 46.4 Å². The molecule has 5 heteroatoms. The highest BCUT2D eigenvalue weighted by molar-refractivity contribution is 6.32. The maximum atomic E-state index is 13.2. The van der Waals surface area contributed by atoms with Crippen LogP contribution in [0.1, 0.15) is 0 Å². The highest BCUT2D eigenvalue weighted by Gasteiger charge is 2.13. The molecule has 0 aliphatic carbocycles. The first-order valence-corrected chi connectivity index (χ1v) is 6.52. The molecule has 0 amide bonds. The SMILES string of the molecule is CN1CCN(CCOc2cccc(F)c2Cl)CC1. The van der Waals surface area contributed by atoms with Crippen LogP contribution < -0.4 is 4.74 Å². The summed E-state index contributed by atoms with van der Waals surface area (Å²) in [6.45, 7) is 5.66. The fraction of sp³-hybridized carbons (Fsp3) is 0.538. The van der Waals surface area contributed by atoms with Crippen LogP contribution in [0.25, 0.3) is 0 Å². The Kier molecular flexibility index (Phi) is 4.80. The van der Waals surface area contributed by atoms with Crippen LogP contribution in [0.5, 0.6) is 5.75 Å². The summed E-state index contributed by atoms with van der Waals surface area (Å²) in [4.78, 5) is 4.65. The molecule has 1 aromatic carbocycles. The molecule has 3 nitrogen and oxygen atoms in total. The molecule has 1 aliphatic rings. The Bertz CT molecular complexity index is 395. The summed E-state index contributed by atoms with van der Waals surface area (Å²) < 4.78 is 18.7. The van der Waals surface area contributed by atoms with Gasteiger partial charge < -0.3 is 9.64 Å². The molecular formula is C13H18ClFN2O. The average Bonchev–Trinajstić information content (AvgIpc) is 2.37. The quantitative estimate of drug-likeness (QED) is 0.835. The fourth-order valence-corrected chi connectivity index (χ4v) is 2.13. The smallest absolute Gasteiger partial charge is 0.145 e. The van der Waals surface area contributed by atoms with E-state index in [1.165, 1.54) is 6.07 Å². The van der Waals surface area contributed by atoms with E-state index in [0.29, 0.717) is 12.4 Å². The van der Waals surface area contributed by atoms with E-state index >= 15 is 0 Å². The van der Waals surface area contributed by atoms with Crippen molar-refractivity contribution < 1.29 is 9.13 Å². The number of halogens is 2. The fourth-order valence-electron chi connectivity index (χ4n) is 1.95. The summed E-state index contributed by atoms with van der Waals surface area (Å²) in [7, 11) is 2.13. The zero-order valence-electron chi connectivity index (χ0n) is 10.5. The van der Waals surface area contributed by atoms with Gasteiger partial charge in [-0.25, -0.2) is 4.39 Å². The zero-order chi connectivity index (χ0) is 13.0. The average molecular weight is 273 g/mol. The Morgan fingerprint density at radius 2 is 2.00 bits per heavy atom. The van der Waals surface area contributed by atoms with E-state index in [0.717, 1.165) is 32.7 Å². The van der Waals surface area contributed by atoms with E-state index < -0.39 is 5.82 Å². The van der Waals surface area contributed by atoms with Crippen LogP contribution in [0.4, 0.5) is 4.39 Å². The number of hydrogen-bond acceptors (Lipinski definition) is 3. The lowest BCUT2D eigenvalue weighted by molar-refractivity contribution is 0.133. The molecule has 0 aromatic heterocycles. The number of hydrogen-bond donors (Lipinski definition) is 0. The molecule has 0 radical (unpaired) electrons. The summed E-state index contributed by atoms with van der Waals surface area (Å²) >= 11 is 5.81. The van der Waals surface area contributed by atoms with Gasteiger partial charge in [0, 0.05) is 32.7 Å². The van der Waals surface area contributed by atoms with E-state index in [1.54, 1.807) is 12.1 Å². The van der Waals surface area contributed by atoms with Crippen molar-refractivity contribution in [1.29, 1.82) is 0 Å². The van der Waals surface area contributed by atoms with E-state index in [2.05, 4.69) is 16.8 Å². The molecule has 1 aliphatic heterocycles. The number of rotatable bonds is 4. The molecule has 2 rings (SSSR count). The molecule has 18 heavy (non-hydrogen) atoms. The van der Waals surface area contributed by atoms with Crippen LogP contribution in [0.2, 0.25) is 5.02 Å². The van der Waals surface area contributed by atoms with Crippen molar-refractivity contribution in [3.05, 3.63) is 29.0 Å². The Balaban J connectivity index is 1.77. The molecule has 1 fully saturated rings. The third-order valence-electron chi connectivity index (χ3n) is 3.18. The van der Waals surface area contributed by atoms with Crippen molar-refractivity contribution in [2.45, 2.75) is 0 Å². The highest BCUT2D eigenvalue weighted by Crippen LogP contribution is 2.26. The molecule has 1 saturated heterocycles. The van der Waals surface area contributed by atoms with Crippen molar-refractivity contribution in [3.63, 3.8) is 0 Å². The first-order valence-electron chi connectivity index (χ1n) is 6.14. The molecule has 0 unspecified atom stereocenters. The molecule has 1 heterocycles. The van der Waals surface area contributed by atoms with Gasteiger partial charge in [-0.3, -0.25) is 4.90 Å². The maximum absolute atomic E-state index is 13.2. The second-order valence-electron chi connectivity index (χ2n) is 4.55. The minimum atomic E-state index is -0.436. The van der Waals surface area contributed by atoms with Gasteiger partial charge in [0.2, 0.25) is 0 Å². The van der Waals surface area contributed by atoms with Gasteiger partial charge >= 0.3 is 0 Å². The molecule has 0 atom stereocenters. The third-order valence-corrected chi connectivity index (χ3v) is 3.54. The van der Waals surface area contributed by atoms with Gasteiger partial charge in [0.1, 0.15) is 23.2 Å². The predicted octanol–water partition coefficient (Wildman–Crippen LogP) is 2.11. The normalized spacial score (nSPS) is 17.9. The molecule has 0 bridgehead atoms. The molecule has 0 spiro atoms. The van der Waals surface area contributed by atoms with Gasteiger partial charge in [-0.05, 0) is 19.2 Å². The van der Waals surface area contributed by atoms with Crippen LogP contribution in [0, 0.1) is 5.82 Å². The first-order chi connectivity index (χ1) is 8.66. The lowest BCUT2D eigenvalue weighted by atomic mass is 10.3. The summed E-state index contributed by atoms with van der Waals surface area (Å²) in [5.74, 6) is -0.0143. The van der Waals surface area contributed by atoms with Crippen LogP contribution in [0.15, 0.2) is 18.2 Å². The third kappa shape index (κ3) is 3.57. The van der Waals surface area contributed by atoms with Crippen LogP contribution in [-0.2, 0) is 0 Å². The number of ether oxygens (including phenoxy) is 1. The highest BCUT2D eigenvalue weighted by atomic mass is 35.5. The largest absolute Gasteiger partial charge is 0.491 e. The second-order valence-corrected chi connectivity index (χ2v) is 4.92. The Hall–Kier alpha value is -0.840. The summed E-state index contributed by atoms with van der Waals surface area (Å²) in [6, 6.07) is 4.62. The van der Waals surface area contributed by atoms with Gasteiger partial charge in [0.15, 0.2) is 0 Å².